The predicted molar refractivity (Wildman–Crippen MR) is 100 cm³/mol. The molecule has 8 heteroatoms. The number of hydrogen-bond donors (Lipinski definition) is 1. The molecular formula is C19H17N3O5. The lowest BCUT2D eigenvalue weighted by Crippen LogP contribution is -2.32. The van der Waals surface area contributed by atoms with Crippen LogP contribution < -0.4 is 16.0 Å². The van der Waals surface area contributed by atoms with Gasteiger partial charge in [-0.25, -0.2) is 9.59 Å². The number of rotatable bonds is 5. The van der Waals surface area contributed by atoms with Crippen LogP contribution in [0.5, 0.6) is 5.75 Å². The molecule has 0 bridgehead atoms. The first-order valence-corrected chi connectivity index (χ1v) is 8.12. The van der Waals surface area contributed by atoms with Gasteiger partial charge < -0.3 is 14.5 Å². The lowest BCUT2D eigenvalue weighted by atomic mass is 10.2. The van der Waals surface area contributed by atoms with E-state index in [0.717, 1.165) is 4.68 Å². The number of nitrogens with one attached hydrogen (secondary N) is 1. The van der Waals surface area contributed by atoms with Crippen molar-refractivity contribution >= 4 is 23.1 Å². The summed E-state index contributed by atoms with van der Waals surface area (Å²) < 4.78 is 10.8. The maximum atomic E-state index is 12.4. The molecule has 8 nitrogen and oxygen atoms in total. The Kier molecular flexibility index (Phi) is 5.16. The second kappa shape index (κ2) is 7.69. The molecule has 2 aromatic carbocycles. The fourth-order valence-electron chi connectivity index (χ4n) is 2.43. The van der Waals surface area contributed by atoms with Crippen LogP contribution >= 0.6 is 0 Å². The number of carbonyl (C=O) groups is 1. The van der Waals surface area contributed by atoms with Gasteiger partial charge in [0.1, 0.15) is 5.75 Å². The summed E-state index contributed by atoms with van der Waals surface area (Å²) in [5.74, 6) is 0.00122. The van der Waals surface area contributed by atoms with Gasteiger partial charge in [-0.3, -0.25) is 4.79 Å². The van der Waals surface area contributed by atoms with Crippen molar-refractivity contribution in [1.82, 2.24) is 9.66 Å². The van der Waals surface area contributed by atoms with Gasteiger partial charge in [0.05, 0.1) is 24.2 Å². The van der Waals surface area contributed by atoms with Gasteiger partial charge >= 0.3 is 11.7 Å². The van der Waals surface area contributed by atoms with Crippen molar-refractivity contribution in [2.45, 2.75) is 13.0 Å². The monoisotopic (exact) mass is 367 g/mol. The smallest absolute Gasteiger partial charge is 0.349 e. The number of aromatic amines is 1. The van der Waals surface area contributed by atoms with E-state index in [1.807, 2.05) is 0 Å². The fraction of sp³-hybridized carbons (Fsp3) is 0.158. The summed E-state index contributed by atoms with van der Waals surface area (Å²) in [4.78, 5) is 38.5. The van der Waals surface area contributed by atoms with Gasteiger partial charge in [-0.2, -0.15) is 5.10 Å². The highest BCUT2D eigenvalue weighted by atomic mass is 16.6. The molecule has 138 valence electrons. The first kappa shape index (κ1) is 18.1. The normalized spacial score (nSPS) is 12.2. The SMILES string of the molecule is COC(=O)[C@@H](C)Oc1ccc(C=Nn2c(=O)[nH]c3ccccc3c2=O)cc1. The average molecular weight is 367 g/mol. The van der Waals surface area contributed by atoms with Crippen LogP contribution in [0.25, 0.3) is 10.9 Å². The van der Waals surface area contributed by atoms with E-state index in [9.17, 15) is 14.4 Å². The van der Waals surface area contributed by atoms with Crippen molar-refractivity contribution in [3.63, 3.8) is 0 Å². The van der Waals surface area contributed by atoms with Crippen molar-refractivity contribution in [2.24, 2.45) is 5.10 Å². The molecule has 3 aromatic rings. The molecule has 0 fully saturated rings. The maximum absolute atomic E-state index is 12.4. The maximum Gasteiger partial charge on any atom is 0.349 e. The molecule has 0 saturated heterocycles. The molecule has 0 aliphatic rings. The zero-order valence-electron chi connectivity index (χ0n) is 14.7. The third-order valence-electron chi connectivity index (χ3n) is 3.83. The Morgan fingerprint density at radius 1 is 1.15 bits per heavy atom. The van der Waals surface area contributed by atoms with Crippen molar-refractivity contribution < 1.29 is 14.3 Å². The second-order valence-electron chi connectivity index (χ2n) is 5.69. The summed E-state index contributed by atoms with van der Waals surface area (Å²) in [5, 5.41) is 4.35. The second-order valence-corrected chi connectivity index (χ2v) is 5.69. The Labute approximate surface area is 153 Å². The van der Waals surface area contributed by atoms with Gasteiger partial charge in [0.15, 0.2) is 6.10 Å². The number of methoxy groups -OCH3 is 1. The number of aromatic nitrogens is 2. The molecule has 1 aromatic heterocycles. The summed E-state index contributed by atoms with van der Waals surface area (Å²) in [6, 6.07) is 13.4. The molecule has 0 aliphatic heterocycles. The Hall–Kier alpha value is -3.68. The first-order valence-electron chi connectivity index (χ1n) is 8.12. The van der Waals surface area contributed by atoms with Gasteiger partial charge in [0.2, 0.25) is 0 Å². The Bertz CT molecular complexity index is 1110. The molecule has 0 saturated carbocycles. The van der Waals surface area contributed by atoms with Crippen LogP contribution in [0.2, 0.25) is 0 Å². The van der Waals surface area contributed by atoms with E-state index in [1.165, 1.54) is 13.3 Å². The number of carbonyl (C=O) groups excluding carboxylic acids is 1. The Morgan fingerprint density at radius 3 is 2.56 bits per heavy atom. The average Bonchev–Trinajstić information content (AvgIpc) is 2.68. The zero-order valence-corrected chi connectivity index (χ0v) is 14.7. The summed E-state index contributed by atoms with van der Waals surface area (Å²) in [5.41, 5.74) is -0.0213. The van der Waals surface area contributed by atoms with E-state index in [0.29, 0.717) is 22.2 Å². The molecule has 0 unspecified atom stereocenters. The number of benzene rings is 2. The van der Waals surface area contributed by atoms with Gasteiger partial charge in [-0.15, -0.1) is 4.68 Å². The van der Waals surface area contributed by atoms with E-state index in [2.05, 4.69) is 14.8 Å². The van der Waals surface area contributed by atoms with Crippen LogP contribution in [0.3, 0.4) is 0 Å². The number of fused-ring (bicyclic) bond motifs is 1. The van der Waals surface area contributed by atoms with E-state index in [1.54, 1.807) is 55.5 Å². The van der Waals surface area contributed by atoms with Gasteiger partial charge in [0, 0.05) is 0 Å². The third-order valence-corrected chi connectivity index (χ3v) is 3.83. The van der Waals surface area contributed by atoms with Crippen LogP contribution in [-0.2, 0) is 9.53 Å². The highest BCUT2D eigenvalue weighted by molar-refractivity contribution is 5.80. The number of para-hydroxylation sites is 1. The first-order chi connectivity index (χ1) is 13.0. The minimum absolute atomic E-state index is 0.370. The van der Waals surface area contributed by atoms with Crippen LogP contribution in [0, 0.1) is 0 Å². The molecule has 0 aliphatic carbocycles. The van der Waals surface area contributed by atoms with E-state index in [-0.39, 0.29) is 0 Å². The molecule has 1 N–H and O–H groups in total. The van der Waals surface area contributed by atoms with Gasteiger partial charge in [-0.1, -0.05) is 12.1 Å². The molecule has 0 radical (unpaired) electrons. The summed E-state index contributed by atoms with van der Waals surface area (Å²) >= 11 is 0. The molecule has 1 atom stereocenters. The fourth-order valence-corrected chi connectivity index (χ4v) is 2.43. The lowest BCUT2D eigenvalue weighted by molar-refractivity contribution is -0.147. The minimum atomic E-state index is -0.732. The predicted octanol–water partition coefficient (Wildman–Crippen LogP) is 1.51. The number of H-pyrrole nitrogens is 1. The third kappa shape index (κ3) is 3.95. The van der Waals surface area contributed by atoms with Crippen LogP contribution in [0.4, 0.5) is 0 Å². The number of hydrogen-bond acceptors (Lipinski definition) is 6. The summed E-state index contributed by atoms with van der Waals surface area (Å²) in [7, 11) is 1.29. The molecule has 0 amide bonds. The van der Waals surface area contributed by atoms with E-state index < -0.39 is 23.3 Å². The largest absolute Gasteiger partial charge is 0.479 e. The topological polar surface area (TPSA) is 103 Å². The van der Waals surface area contributed by atoms with Crippen molar-refractivity contribution in [2.75, 3.05) is 7.11 Å². The molecule has 1 heterocycles. The lowest BCUT2D eigenvalue weighted by Gasteiger charge is -2.12. The molecule has 3 rings (SSSR count). The van der Waals surface area contributed by atoms with Crippen LogP contribution in [0.1, 0.15) is 12.5 Å². The minimum Gasteiger partial charge on any atom is -0.479 e. The Balaban J connectivity index is 1.83. The van der Waals surface area contributed by atoms with Crippen LogP contribution in [-0.4, -0.2) is 35.1 Å². The number of esters is 1. The van der Waals surface area contributed by atoms with E-state index in [4.69, 9.17) is 4.74 Å². The number of ether oxygens (including phenoxy) is 2. The quantitative estimate of drug-likeness (QED) is 0.544. The van der Waals surface area contributed by atoms with Crippen molar-refractivity contribution in [3.8, 4) is 5.75 Å². The molecule has 0 spiro atoms. The Morgan fingerprint density at radius 2 is 1.85 bits per heavy atom. The van der Waals surface area contributed by atoms with Gasteiger partial charge in [-0.05, 0) is 48.9 Å². The highest BCUT2D eigenvalue weighted by Crippen LogP contribution is 2.13. The highest BCUT2D eigenvalue weighted by Gasteiger charge is 2.14. The van der Waals surface area contributed by atoms with Gasteiger partial charge in [0.25, 0.3) is 5.56 Å². The summed E-state index contributed by atoms with van der Waals surface area (Å²) in [6.45, 7) is 1.58. The van der Waals surface area contributed by atoms with Crippen molar-refractivity contribution in [3.05, 3.63) is 74.9 Å². The van der Waals surface area contributed by atoms with Crippen LogP contribution in [0.15, 0.2) is 63.2 Å². The molecule has 27 heavy (non-hydrogen) atoms. The summed E-state index contributed by atoms with van der Waals surface area (Å²) in [6.07, 6.45) is 0.656. The van der Waals surface area contributed by atoms with E-state index >= 15 is 0 Å². The number of nitrogens with zero attached hydrogens (tertiary/aromatic N) is 2. The zero-order chi connectivity index (χ0) is 19.4. The molecular weight excluding hydrogens is 350 g/mol. The van der Waals surface area contributed by atoms with Crippen molar-refractivity contribution in [1.29, 1.82) is 0 Å². The standard InChI is InChI=1S/C19H17N3O5/c1-12(18(24)26-2)27-14-9-7-13(8-10-14)11-20-22-17(23)15-5-3-4-6-16(15)21-19(22)25/h3-12H,1-2H3,(H,21,25)/t12-/m1/s1.